The Kier molecular flexibility index (Phi) is 4.60. The van der Waals surface area contributed by atoms with E-state index in [1.54, 1.807) is 12.4 Å². The van der Waals surface area contributed by atoms with Crippen molar-refractivity contribution < 1.29 is 0 Å². The maximum atomic E-state index is 4.82. The Balaban J connectivity index is 1.90. The maximum Gasteiger partial charge on any atom is 0.160 e. The molecule has 27 heavy (non-hydrogen) atoms. The molecule has 4 aromatic heterocycles. The molecule has 0 amide bonds. The molecule has 132 valence electrons. The van der Waals surface area contributed by atoms with E-state index in [1.165, 1.54) is 0 Å². The first-order valence-electron chi connectivity index (χ1n) is 8.90. The van der Waals surface area contributed by atoms with E-state index in [4.69, 9.17) is 9.97 Å². The van der Waals surface area contributed by atoms with E-state index in [-0.39, 0.29) is 0 Å². The highest BCUT2D eigenvalue weighted by Crippen LogP contribution is 2.22. The van der Waals surface area contributed by atoms with Gasteiger partial charge < -0.3 is 0 Å². The van der Waals surface area contributed by atoms with Crippen LogP contribution in [0.4, 0.5) is 0 Å². The Morgan fingerprint density at radius 2 is 1.04 bits per heavy atom. The van der Waals surface area contributed by atoms with Crippen LogP contribution in [0, 0.1) is 0 Å². The smallest absolute Gasteiger partial charge is 0.160 e. The standard InChI is InChI=1S/C22H20N4Si/c1-27(2,21-19(9-5-13-25-21)17-7-3-11-23-15-17)22-20(10-6-14-26-22)18-8-4-12-24-16-18/h3-16H,1-2H3. The van der Waals surface area contributed by atoms with Crippen LogP contribution in [0.1, 0.15) is 0 Å². The molecule has 4 rings (SSSR count). The molecule has 0 aliphatic rings. The summed E-state index contributed by atoms with van der Waals surface area (Å²) in [6.07, 6.45) is 11.1. The predicted octanol–water partition coefficient (Wildman–Crippen LogP) is 3.42. The van der Waals surface area contributed by atoms with Gasteiger partial charge in [-0.1, -0.05) is 37.4 Å². The van der Waals surface area contributed by atoms with Crippen molar-refractivity contribution in [3.05, 3.63) is 85.7 Å². The van der Waals surface area contributed by atoms with E-state index in [1.807, 2.05) is 49.1 Å². The molecule has 0 aliphatic heterocycles. The summed E-state index contributed by atoms with van der Waals surface area (Å²) in [6, 6.07) is 16.3. The summed E-state index contributed by atoms with van der Waals surface area (Å²) in [5.41, 5.74) is 4.43. The molecule has 5 heteroatoms. The SMILES string of the molecule is C[Si](C)(c1ncccc1-c1cccnc1)c1ncccc1-c1cccnc1. The van der Waals surface area contributed by atoms with E-state index >= 15 is 0 Å². The average molecular weight is 369 g/mol. The first-order valence-corrected chi connectivity index (χ1v) is 11.9. The van der Waals surface area contributed by atoms with Gasteiger partial charge in [-0.25, -0.2) is 0 Å². The first kappa shape index (κ1) is 17.2. The Hall–Kier alpha value is -3.18. The summed E-state index contributed by atoms with van der Waals surface area (Å²) in [5.74, 6) is 0. The second-order valence-corrected chi connectivity index (χ2v) is 11.1. The van der Waals surface area contributed by atoms with Crippen LogP contribution in [0.2, 0.25) is 13.1 Å². The van der Waals surface area contributed by atoms with Crippen molar-refractivity contribution in [3.63, 3.8) is 0 Å². The number of hydrogen-bond acceptors (Lipinski definition) is 4. The Morgan fingerprint density at radius 3 is 1.44 bits per heavy atom. The van der Waals surface area contributed by atoms with Gasteiger partial charge in [-0.2, -0.15) is 0 Å². The van der Waals surface area contributed by atoms with Crippen molar-refractivity contribution in [2.75, 3.05) is 0 Å². The summed E-state index contributed by atoms with van der Waals surface area (Å²) >= 11 is 0. The first-order chi connectivity index (χ1) is 13.2. The van der Waals surface area contributed by atoms with Crippen LogP contribution in [-0.2, 0) is 0 Å². The van der Waals surface area contributed by atoms with Crippen molar-refractivity contribution in [1.82, 2.24) is 19.9 Å². The zero-order chi connectivity index (χ0) is 18.7. The number of nitrogens with zero attached hydrogens (tertiary/aromatic N) is 4. The molecule has 0 N–H and O–H groups in total. The van der Waals surface area contributed by atoms with Crippen LogP contribution in [0.25, 0.3) is 22.3 Å². The van der Waals surface area contributed by atoms with Gasteiger partial charge in [0.15, 0.2) is 8.07 Å². The topological polar surface area (TPSA) is 51.6 Å². The average Bonchev–Trinajstić information content (AvgIpc) is 2.75. The van der Waals surface area contributed by atoms with Crippen molar-refractivity contribution in [1.29, 1.82) is 0 Å². The van der Waals surface area contributed by atoms with Crippen molar-refractivity contribution >= 4 is 18.7 Å². The predicted molar refractivity (Wildman–Crippen MR) is 112 cm³/mol. The number of pyridine rings is 4. The molecule has 0 saturated heterocycles. The highest BCUT2D eigenvalue weighted by Gasteiger charge is 2.34. The van der Waals surface area contributed by atoms with Crippen LogP contribution >= 0.6 is 0 Å². The van der Waals surface area contributed by atoms with Gasteiger partial charge in [0, 0.05) is 70.1 Å². The zero-order valence-electron chi connectivity index (χ0n) is 15.4. The van der Waals surface area contributed by atoms with Crippen molar-refractivity contribution in [2.45, 2.75) is 13.1 Å². The van der Waals surface area contributed by atoms with Crippen LogP contribution in [0.15, 0.2) is 85.7 Å². The molecule has 0 unspecified atom stereocenters. The number of aromatic nitrogens is 4. The largest absolute Gasteiger partial charge is 0.265 e. The molecule has 0 aromatic carbocycles. The van der Waals surface area contributed by atoms with Gasteiger partial charge in [0.25, 0.3) is 0 Å². The summed E-state index contributed by atoms with van der Waals surface area (Å²) in [5, 5.41) is 2.23. The van der Waals surface area contributed by atoms with Gasteiger partial charge in [-0.3, -0.25) is 19.9 Å². The minimum Gasteiger partial charge on any atom is -0.265 e. The third-order valence-electron chi connectivity index (χ3n) is 4.74. The maximum absolute atomic E-state index is 4.82. The zero-order valence-corrected chi connectivity index (χ0v) is 16.4. The quantitative estimate of drug-likeness (QED) is 0.518. The third kappa shape index (κ3) is 3.29. The molecule has 4 aromatic rings. The van der Waals surface area contributed by atoms with Crippen LogP contribution in [-0.4, -0.2) is 28.0 Å². The molecule has 0 radical (unpaired) electrons. The normalized spacial score (nSPS) is 11.3. The minimum absolute atomic E-state index is 1.08. The molecule has 0 atom stereocenters. The van der Waals surface area contributed by atoms with Crippen LogP contribution < -0.4 is 10.6 Å². The molecule has 0 bridgehead atoms. The summed E-state index contributed by atoms with van der Waals surface area (Å²) in [6.45, 7) is 4.61. The van der Waals surface area contributed by atoms with E-state index in [0.29, 0.717) is 0 Å². The van der Waals surface area contributed by atoms with E-state index in [0.717, 1.165) is 32.9 Å². The molecule has 0 fully saturated rings. The lowest BCUT2D eigenvalue weighted by molar-refractivity contribution is 1.30. The lowest BCUT2D eigenvalue weighted by Crippen LogP contribution is -2.57. The summed E-state index contributed by atoms with van der Waals surface area (Å²) < 4.78 is 0. The second-order valence-electron chi connectivity index (χ2n) is 6.91. The fourth-order valence-corrected chi connectivity index (χ4v) is 6.25. The molecule has 0 aliphatic carbocycles. The fraction of sp³-hybridized carbons (Fsp3) is 0.0909. The minimum atomic E-state index is -2.19. The lowest BCUT2D eigenvalue weighted by atomic mass is 10.1. The Labute approximate surface area is 160 Å². The van der Waals surface area contributed by atoms with Gasteiger partial charge in [-0.05, 0) is 24.3 Å². The number of hydrogen-bond donors (Lipinski definition) is 0. The second kappa shape index (κ2) is 7.21. The monoisotopic (exact) mass is 368 g/mol. The molecule has 0 spiro atoms. The summed E-state index contributed by atoms with van der Waals surface area (Å²) in [7, 11) is -2.19. The van der Waals surface area contributed by atoms with Gasteiger partial charge in [0.05, 0.1) is 0 Å². The molecule has 0 saturated carbocycles. The van der Waals surface area contributed by atoms with Gasteiger partial charge in [0.1, 0.15) is 0 Å². The van der Waals surface area contributed by atoms with Crippen molar-refractivity contribution in [3.8, 4) is 22.3 Å². The van der Waals surface area contributed by atoms with Gasteiger partial charge in [-0.15, -0.1) is 0 Å². The summed E-state index contributed by atoms with van der Waals surface area (Å²) in [4.78, 5) is 18.2. The lowest BCUT2D eigenvalue weighted by Gasteiger charge is -2.26. The fourth-order valence-electron chi connectivity index (χ4n) is 3.43. The van der Waals surface area contributed by atoms with Crippen LogP contribution in [0.3, 0.4) is 0 Å². The molecule has 4 heterocycles. The third-order valence-corrected chi connectivity index (χ3v) is 7.91. The van der Waals surface area contributed by atoms with E-state index in [2.05, 4.69) is 47.3 Å². The van der Waals surface area contributed by atoms with Gasteiger partial charge >= 0.3 is 0 Å². The Bertz CT molecular complexity index is 965. The van der Waals surface area contributed by atoms with Crippen molar-refractivity contribution in [2.24, 2.45) is 0 Å². The molecular weight excluding hydrogens is 348 g/mol. The highest BCUT2D eigenvalue weighted by molar-refractivity contribution is 7.00. The highest BCUT2D eigenvalue weighted by atomic mass is 28.3. The van der Waals surface area contributed by atoms with E-state index in [9.17, 15) is 0 Å². The molecular formula is C22H20N4Si. The number of rotatable bonds is 4. The Morgan fingerprint density at radius 1 is 0.593 bits per heavy atom. The van der Waals surface area contributed by atoms with Crippen LogP contribution in [0.5, 0.6) is 0 Å². The molecule has 4 nitrogen and oxygen atoms in total. The van der Waals surface area contributed by atoms with E-state index < -0.39 is 8.07 Å². The van der Waals surface area contributed by atoms with Gasteiger partial charge in [0.2, 0.25) is 0 Å².